The van der Waals surface area contributed by atoms with Gasteiger partial charge in [0.15, 0.2) is 5.69 Å². The molecule has 1 atom stereocenters. The lowest BCUT2D eigenvalue weighted by atomic mass is 9.97. The van der Waals surface area contributed by atoms with Gasteiger partial charge in [-0.25, -0.2) is 0 Å². The van der Waals surface area contributed by atoms with Crippen LogP contribution >= 0.6 is 0 Å². The van der Waals surface area contributed by atoms with Crippen molar-refractivity contribution in [3.63, 3.8) is 0 Å². The number of nitrogens with one attached hydrogen (secondary N) is 1. The number of para-hydroxylation sites is 1. The zero-order chi connectivity index (χ0) is 19.9. The van der Waals surface area contributed by atoms with Gasteiger partial charge < -0.3 is 15.8 Å². The van der Waals surface area contributed by atoms with Crippen molar-refractivity contribution in [2.24, 2.45) is 11.7 Å². The van der Waals surface area contributed by atoms with Crippen LogP contribution in [0.25, 0.3) is 0 Å². The average molecular weight is 385 g/mol. The zero-order valence-electron chi connectivity index (χ0n) is 16.1. The normalized spacial score (nSPS) is 17.4. The molecule has 3 rings (SSSR count). The quantitative estimate of drug-likeness (QED) is 0.717. The molecule has 1 aromatic heterocycles. The molecule has 0 radical (unpaired) electrons. The first-order valence-electron chi connectivity index (χ1n) is 9.50. The summed E-state index contributed by atoms with van der Waals surface area (Å²) in [6.07, 6.45) is 3.55. The topological polar surface area (TPSA) is 102 Å². The predicted molar refractivity (Wildman–Crippen MR) is 106 cm³/mol. The van der Waals surface area contributed by atoms with Crippen LogP contribution in [0.4, 0.5) is 5.69 Å². The summed E-state index contributed by atoms with van der Waals surface area (Å²) >= 11 is 0. The SMILES string of the molecule is COCCn1ccc(C(=O)Nc2ccccc2CN2CCCC(C(N)=O)C2)n1. The Bertz CT molecular complexity index is 820. The van der Waals surface area contributed by atoms with Crippen LogP contribution in [0.2, 0.25) is 0 Å². The summed E-state index contributed by atoms with van der Waals surface area (Å²) in [4.78, 5) is 26.3. The van der Waals surface area contributed by atoms with Gasteiger partial charge in [-0.3, -0.25) is 19.2 Å². The van der Waals surface area contributed by atoms with Crippen molar-refractivity contribution in [2.75, 3.05) is 32.1 Å². The second-order valence-electron chi connectivity index (χ2n) is 7.04. The minimum atomic E-state index is -0.253. The molecule has 2 aromatic rings. The molecular weight excluding hydrogens is 358 g/mol. The highest BCUT2D eigenvalue weighted by molar-refractivity contribution is 6.03. The number of nitrogens with two attached hydrogens (primary N) is 1. The van der Waals surface area contributed by atoms with Crippen molar-refractivity contribution < 1.29 is 14.3 Å². The van der Waals surface area contributed by atoms with E-state index in [1.165, 1.54) is 0 Å². The fraction of sp³-hybridized carbons (Fsp3) is 0.450. The minimum absolute atomic E-state index is 0.105. The lowest BCUT2D eigenvalue weighted by molar-refractivity contribution is -0.123. The third-order valence-electron chi connectivity index (χ3n) is 4.97. The van der Waals surface area contributed by atoms with Crippen LogP contribution in [0, 0.1) is 5.92 Å². The number of methoxy groups -OCH3 is 1. The van der Waals surface area contributed by atoms with Gasteiger partial charge in [-0.05, 0) is 37.1 Å². The summed E-state index contributed by atoms with van der Waals surface area (Å²) in [5.74, 6) is -0.598. The number of carbonyl (C=O) groups excluding carboxylic acids is 2. The highest BCUT2D eigenvalue weighted by Gasteiger charge is 2.24. The molecule has 0 aliphatic carbocycles. The van der Waals surface area contributed by atoms with E-state index in [9.17, 15) is 9.59 Å². The number of likely N-dealkylation sites (tertiary alicyclic amines) is 1. The number of aromatic nitrogens is 2. The molecule has 2 heterocycles. The first-order chi connectivity index (χ1) is 13.6. The largest absolute Gasteiger partial charge is 0.383 e. The van der Waals surface area contributed by atoms with Gasteiger partial charge in [0.25, 0.3) is 5.91 Å². The summed E-state index contributed by atoms with van der Waals surface area (Å²) in [6.45, 7) is 3.35. The van der Waals surface area contributed by atoms with Gasteiger partial charge in [0, 0.05) is 32.1 Å². The van der Waals surface area contributed by atoms with E-state index in [4.69, 9.17) is 10.5 Å². The van der Waals surface area contributed by atoms with Crippen molar-refractivity contribution in [3.8, 4) is 0 Å². The molecule has 8 nitrogen and oxygen atoms in total. The maximum atomic E-state index is 12.6. The van der Waals surface area contributed by atoms with E-state index < -0.39 is 0 Å². The Morgan fingerprint density at radius 1 is 1.32 bits per heavy atom. The number of ether oxygens (including phenoxy) is 1. The van der Waals surface area contributed by atoms with Crippen molar-refractivity contribution >= 4 is 17.5 Å². The van der Waals surface area contributed by atoms with Crippen LogP contribution in [0.15, 0.2) is 36.5 Å². The van der Waals surface area contributed by atoms with E-state index in [2.05, 4.69) is 15.3 Å². The predicted octanol–water partition coefficient (Wildman–Crippen LogP) is 1.48. The van der Waals surface area contributed by atoms with Gasteiger partial charge in [-0.1, -0.05) is 18.2 Å². The second kappa shape index (κ2) is 9.48. The maximum Gasteiger partial charge on any atom is 0.276 e. The molecule has 3 N–H and O–H groups in total. The third kappa shape index (κ3) is 5.17. The Kier molecular flexibility index (Phi) is 6.78. The van der Waals surface area contributed by atoms with Gasteiger partial charge in [0.05, 0.1) is 19.1 Å². The van der Waals surface area contributed by atoms with E-state index in [-0.39, 0.29) is 17.7 Å². The summed E-state index contributed by atoms with van der Waals surface area (Å²) in [5, 5.41) is 7.24. The minimum Gasteiger partial charge on any atom is -0.383 e. The van der Waals surface area contributed by atoms with Crippen LogP contribution in [-0.4, -0.2) is 53.3 Å². The van der Waals surface area contributed by atoms with Crippen LogP contribution in [-0.2, 0) is 22.6 Å². The number of piperidine rings is 1. The van der Waals surface area contributed by atoms with Crippen molar-refractivity contribution in [1.82, 2.24) is 14.7 Å². The summed E-state index contributed by atoms with van der Waals surface area (Å²) in [5.41, 5.74) is 7.58. The fourth-order valence-corrected chi connectivity index (χ4v) is 3.43. The van der Waals surface area contributed by atoms with Gasteiger partial charge in [0.1, 0.15) is 0 Å². The number of nitrogens with zero attached hydrogens (tertiary/aromatic N) is 3. The molecule has 1 aromatic carbocycles. The average Bonchev–Trinajstić information content (AvgIpc) is 3.17. The zero-order valence-corrected chi connectivity index (χ0v) is 16.1. The smallest absolute Gasteiger partial charge is 0.276 e. The molecule has 1 saturated heterocycles. The number of carbonyl (C=O) groups is 2. The first kappa shape index (κ1) is 20.0. The van der Waals surface area contributed by atoms with Gasteiger partial charge in [0.2, 0.25) is 5.91 Å². The number of primary amides is 1. The number of hydrogen-bond acceptors (Lipinski definition) is 5. The Balaban J connectivity index is 1.65. The molecule has 2 amide bonds. The van der Waals surface area contributed by atoms with Crippen LogP contribution in [0.5, 0.6) is 0 Å². The van der Waals surface area contributed by atoms with Gasteiger partial charge >= 0.3 is 0 Å². The lowest BCUT2D eigenvalue weighted by Crippen LogP contribution is -2.40. The molecule has 1 fully saturated rings. The van der Waals surface area contributed by atoms with E-state index >= 15 is 0 Å². The van der Waals surface area contributed by atoms with Crippen molar-refractivity contribution in [3.05, 3.63) is 47.8 Å². The number of hydrogen-bond donors (Lipinski definition) is 2. The van der Waals surface area contributed by atoms with Crippen LogP contribution in [0.1, 0.15) is 28.9 Å². The molecular formula is C20H27N5O3. The highest BCUT2D eigenvalue weighted by Crippen LogP contribution is 2.22. The molecule has 8 heteroatoms. The third-order valence-corrected chi connectivity index (χ3v) is 4.97. The van der Waals surface area contributed by atoms with Crippen LogP contribution < -0.4 is 11.1 Å². The molecule has 1 aliphatic rings. The van der Waals surface area contributed by atoms with Gasteiger partial charge in [-0.15, -0.1) is 0 Å². The molecule has 0 bridgehead atoms. The molecule has 1 aliphatic heterocycles. The molecule has 0 saturated carbocycles. The Labute approximate surface area is 164 Å². The highest BCUT2D eigenvalue weighted by atomic mass is 16.5. The second-order valence-corrected chi connectivity index (χ2v) is 7.04. The van der Waals surface area contributed by atoms with E-state index in [0.29, 0.717) is 31.9 Å². The van der Waals surface area contributed by atoms with Crippen LogP contribution in [0.3, 0.4) is 0 Å². The van der Waals surface area contributed by atoms with Gasteiger partial charge in [-0.2, -0.15) is 5.10 Å². The number of benzene rings is 1. The molecule has 150 valence electrons. The van der Waals surface area contributed by atoms with E-state index in [1.807, 2.05) is 24.3 Å². The van der Waals surface area contributed by atoms with E-state index in [0.717, 1.165) is 30.6 Å². The van der Waals surface area contributed by atoms with Crippen molar-refractivity contribution in [2.45, 2.75) is 25.9 Å². The number of amides is 2. The Morgan fingerprint density at radius 2 is 2.14 bits per heavy atom. The lowest BCUT2D eigenvalue weighted by Gasteiger charge is -2.31. The Hall–Kier alpha value is -2.71. The number of anilines is 1. The summed E-state index contributed by atoms with van der Waals surface area (Å²) in [6, 6.07) is 9.39. The Morgan fingerprint density at radius 3 is 2.93 bits per heavy atom. The van der Waals surface area contributed by atoms with Crippen molar-refractivity contribution in [1.29, 1.82) is 0 Å². The summed E-state index contributed by atoms with van der Waals surface area (Å²) < 4.78 is 6.71. The standard InChI is InChI=1S/C20H27N5O3/c1-28-12-11-25-10-8-18(23-25)20(27)22-17-7-3-2-5-15(17)13-24-9-4-6-16(14-24)19(21)26/h2-3,5,7-8,10,16H,4,6,9,11-14H2,1H3,(H2,21,26)(H,22,27). The monoisotopic (exact) mass is 385 g/mol. The fourth-order valence-electron chi connectivity index (χ4n) is 3.43. The maximum absolute atomic E-state index is 12.6. The molecule has 0 spiro atoms. The summed E-state index contributed by atoms with van der Waals surface area (Å²) in [7, 11) is 1.63. The molecule has 1 unspecified atom stereocenters. The van der Waals surface area contributed by atoms with E-state index in [1.54, 1.807) is 24.1 Å². The number of rotatable bonds is 8. The first-order valence-corrected chi connectivity index (χ1v) is 9.50. The molecule has 28 heavy (non-hydrogen) atoms.